The fourth-order valence-electron chi connectivity index (χ4n) is 2.65. The molecule has 3 nitrogen and oxygen atoms in total. The van der Waals surface area contributed by atoms with Crippen molar-refractivity contribution in [3.05, 3.63) is 53.6 Å². The van der Waals surface area contributed by atoms with E-state index in [4.69, 9.17) is 4.74 Å². The maximum atomic E-state index is 9.48. The van der Waals surface area contributed by atoms with Crippen molar-refractivity contribution in [3.63, 3.8) is 0 Å². The van der Waals surface area contributed by atoms with Crippen molar-refractivity contribution in [1.29, 1.82) is 0 Å². The van der Waals surface area contributed by atoms with Crippen LogP contribution < -0.4 is 4.74 Å². The van der Waals surface area contributed by atoms with Gasteiger partial charge in [-0.25, -0.2) is 0 Å². The van der Waals surface area contributed by atoms with Crippen molar-refractivity contribution in [2.45, 2.75) is 45.4 Å². The molecule has 0 radical (unpaired) electrons. The van der Waals surface area contributed by atoms with Crippen LogP contribution in [0.3, 0.4) is 0 Å². The topological polar surface area (TPSA) is 49.7 Å². The third kappa shape index (κ3) is 7.34. The largest absolute Gasteiger partial charge is 0.508 e. The summed E-state index contributed by atoms with van der Waals surface area (Å²) in [5, 5.41) is 19.0. The summed E-state index contributed by atoms with van der Waals surface area (Å²) in [6.45, 7) is 3.00. The minimum atomic E-state index is 0.0538. The van der Waals surface area contributed by atoms with E-state index >= 15 is 0 Å². The first-order valence-corrected chi connectivity index (χ1v) is 9.11. The average Bonchev–Trinajstić information content (AvgIpc) is 2.59. The van der Waals surface area contributed by atoms with E-state index < -0.39 is 0 Å². The van der Waals surface area contributed by atoms with Gasteiger partial charge in [-0.05, 0) is 41.8 Å². The summed E-state index contributed by atoms with van der Waals surface area (Å²) < 4.78 is 5.77. The van der Waals surface area contributed by atoms with Crippen LogP contribution in [-0.4, -0.2) is 16.8 Å². The molecule has 0 amide bonds. The van der Waals surface area contributed by atoms with Gasteiger partial charge in [-0.1, -0.05) is 63.3 Å². The van der Waals surface area contributed by atoms with E-state index in [0.29, 0.717) is 0 Å². The van der Waals surface area contributed by atoms with Crippen LogP contribution in [0.15, 0.2) is 42.5 Å². The molecule has 0 atom stereocenters. The standard InChI is InChI=1S/C22H28O3/c1-2-3-4-5-6-7-14-25-22-12-10-18(11-13-22)8-9-19-15-20(23)17-21(24)16-19/h8-13,15-17,23-24H,2-7,14H2,1H3/b9-8+. The van der Waals surface area contributed by atoms with Crippen molar-refractivity contribution in [2.75, 3.05) is 6.61 Å². The smallest absolute Gasteiger partial charge is 0.119 e. The van der Waals surface area contributed by atoms with Crippen molar-refractivity contribution in [1.82, 2.24) is 0 Å². The summed E-state index contributed by atoms with van der Waals surface area (Å²) in [6, 6.07) is 12.5. The number of unbranched alkanes of at least 4 members (excludes halogenated alkanes) is 5. The van der Waals surface area contributed by atoms with Gasteiger partial charge in [-0.2, -0.15) is 0 Å². The van der Waals surface area contributed by atoms with Crippen molar-refractivity contribution < 1.29 is 14.9 Å². The predicted octanol–water partition coefficient (Wildman–Crippen LogP) is 6.01. The number of rotatable bonds is 10. The summed E-state index contributed by atoms with van der Waals surface area (Å²) in [5.74, 6) is 0.997. The molecule has 0 aliphatic rings. The van der Waals surface area contributed by atoms with E-state index in [1.165, 1.54) is 38.2 Å². The van der Waals surface area contributed by atoms with E-state index in [1.807, 2.05) is 36.4 Å². The molecule has 2 aromatic rings. The van der Waals surface area contributed by atoms with Gasteiger partial charge in [0.05, 0.1) is 6.61 Å². The second kappa shape index (κ2) is 10.4. The third-order valence-corrected chi connectivity index (χ3v) is 4.04. The fourth-order valence-corrected chi connectivity index (χ4v) is 2.65. The summed E-state index contributed by atoms with van der Waals surface area (Å²) in [5.41, 5.74) is 1.79. The monoisotopic (exact) mass is 340 g/mol. The molecule has 3 heteroatoms. The Morgan fingerprint density at radius 1 is 0.760 bits per heavy atom. The lowest BCUT2D eigenvalue weighted by molar-refractivity contribution is 0.304. The van der Waals surface area contributed by atoms with Gasteiger partial charge in [0.25, 0.3) is 0 Å². The van der Waals surface area contributed by atoms with Crippen LogP contribution in [0.25, 0.3) is 12.2 Å². The molecular weight excluding hydrogens is 312 g/mol. The number of phenols is 2. The molecule has 0 heterocycles. The summed E-state index contributed by atoms with van der Waals surface area (Å²) >= 11 is 0. The number of benzene rings is 2. The third-order valence-electron chi connectivity index (χ3n) is 4.04. The molecule has 2 N–H and O–H groups in total. The highest BCUT2D eigenvalue weighted by Crippen LogP contribution is 2.22. The van der Waals surface area contributed by atoms with Gasteiger partial charge >= 0.3 is 0 Å². The predicted molar refractivity (Wildman–Crippen MR) is 104 cm³/mol. The Labute approximate surface area is 150 Å². The maximum Gasteiger partial charge on any atom is 0.119 e. The minimum Gasteiger partial charge on any atom is -0.508 e. The number of phenolic OH excluding ortho intramolecular Hbond substituents is 2. The molecular formula is C22H28O3. The zero-order valence-corrected chi connectivity index (χ0v) is 14.9. The molecule has 0 aromatic heterocycles. The number of hydrogen-bond acceptors (Lipinski definition) is 3. The molecule has 2 rings (SSSR count). The van der Waals surface area contributed by atoms with Gasteiger partial charge in [0, 0.05) is 6.07 Å². The summed E-state index contributed by atoms with van der Waals surface area (Å²) in [4.78, 5) is 0. The maximum absolute atomic E-state index is 9.48. The van der Waals surface area contributed by atoms with Crippen molar-refractivity contribution in [2.24, 2.45) is 0 Å². The van der Waals surface area contributed by atoms with E-state index in [1.54, 1.807) is 12.1 Å². The molecule has 0 fully saturated rings. The molecule has 0 unspecified atom stereocenters. The highest BCUT2D eigenvalue weighted by Gasteiger charge is 1.97. The van der Waals surface area contributed by atoms with Crippen LogP contribution >= 0.6 is 0 Å². The first-order chi connectivity index (χ1) is 12.2. The Morgan fingerprint density at radius 3 is 2.04 bits per heavy atom. The molecule has 0 spiro atoms. The Balaban J connectivity index is 1.76. The molecule has 2 aromatic carbocycles. The molecule has 0 bridgehead atoms. The Morgan fingerprint density at radius 2 is 1.36 bits per heavy atom. The van der Waals surface area contributed by atoms with Crippen LogP contribution in [0.5, 0.6) is 17.2 Å². The SMILES string of the molecule is CCCCCCCCOc1ccc(/C=C/c2cc(O)cc(O)c2)cc1. The Hall–Kier alpha value is -2.42. The number of hydrogen-bond donors (Lipinski definition) is 2. The second-order valence-electron chi connectivity index (χ2n) is 6.30. The lowest BCUT2D eigenvalue weighted by Crippen LogP contribution is -1.97. The number of ether oxygens (including phenoxy) is 1. The van der Waals surface area contributed by atoms with Gasteiger partial charge in [0.15, 0.2) is 0 Å². The molecule has 0 aliphatic heterocycles. The Bertz CT molecular complexity index is 639. The van der Waals surface area contributed by atoms with E-state index in [0.717, 1.165) is 29.9 Å². The minimum absolute atomic E-state index is 0.0538. The lowest BCUT2D eigenvalue weighted by atomic mass is 10.1. The van der Waals surface area contributed by atoms with Crippen LogP contribution in [0.4, 0.5) is 0 Å². The quantitative estimate of drug-likeness (QED) is 0.411. The molecule has 0 saturated carbocycles. The highest BCUT2D eigenvalue weighted by molar-refractivity contribution is 5.71. The van der Waals surface area contributed by atoms with Gasteiger partial charge < -0.3 is 14.9 Å². The average molecular weight is 340 g/mol. The second-order valence-corrected chi connectivity index (χ2v) is 6.30. The van der Waals surface area contributed by atoms with Crippen molar-refractivity contribution in [3.8, 4) is 17.2 Å². The van der Waals surface area contributed by atoms with Crippen LogP contribution in [-0.2, 0) is 0 Å². The molecule has 0 aliphatic carbocycles. The highest BCUT2D eigenvalue weighted by atomic mass is 16.5. The van der Waals surface area contributed by atoms with Gasteiger partial charge in [-0.15, -0.1) is 0 Å². The fraction of sp³-hybridized carbons (Fsp3) is 0.364. The van der Waals surface area contributed by atoms with Crippen LogP contribution in [0, 0.1) is 0 Å². The first-order valence-electron chi connectivity index (χ1n) is 9.11. The van der Waals surface area contributed by atoms with Gasteiger partial charge in [-0.3, -0.25) is 0 Å². The first kappa shape index (κ1) is 18.9. The normalized spacial score (nSPS) is 11.1. The zero-order valence-electron chi connectivity index (χ0n) is 14.9. The summed E-state index contributed by atoms with van der Waals surface area (Å²) in [7, 11) is 0. The van der Waals surface area contributed by atoms with Crippen LogP contribution in [0.1, 0.15) is 56.6 Å². The molecule has 134 valence electrons. The van der Waals surface area contributed by atoms with E-state index in [-0.39, 0.29) is 11.5 Å². The lowest BCUT2D eigenvalue weighted by Gasteiger charge is -2.06. The Kier molecular flexibility index (Phi) is 7.90. The number of aromatic hydroxyl groups is 2. The van der Waals surface area contributed by atoms with Crippen molar-refractivity contribution >= 4 is 12.2 Å². The van der Waals surface area contributed by atoms with E-state index in [2.05, 4.69) is 6.92 Å². The van der Waals surface area contributed by atoms with Crippen LogP contribution in [0.2, 0.25) is 0 Å². The molecule has 0 saturated heterocycles. The molecule has 25 heavy (non-hydrogen) atoms. The summed E-state index contributed by atoms with van der Waals surface area (Å²) in [6.07, 6.45) is 11.4. The van der Waals surface area contributed by atoms with Gasteiger partial charge in [0.1, 0.15) is 17.2 Å². The zero-order chi connectivity index (χ0) is 17.9. The van der Waals surface area contributed by atoms with E-state index in [9.17, 15) is 10.2 Å². The van der Waals surface area contributed by atoms with Gasteiger partial charge in [0.2, 0.25) is 0 Å².